The molecule has 8 heteroatoms. The first-order valence-electron chi connectivity index (χ1n) is 7.84. The molecule has 0 bridgehead atoms. The molecular formula is C16H23N3O3S2. The van der Waals surface area contributed by atoms with Crippen molar-refractivity contribution >= 4 is 39.2 Å². The molecule has 1 amide bonds. The molecule has 0 saturated carbocycles. The van der Waals surface area contributed by atoms with E-state index in [2.05, 4.69) is 10.3 Å². The third kappa shape index (κ3) is 3.81. The molecule has 2 rings (SSSR count). The van der Waals surface area contributed by atoms with E-state index < -0.39 is 0 Å². The van der Waals surface area contributed by atoms with Gasteiger partial charge in [0.25, 0.3) is 5.56 Å². The van der Waals surface area contributed by atoms with E-state index in [1.54, 1.807) is 11.7 Å². The average Bonchev–Trinajstić information content (AvgIpc) is 2.82. The van der Waals surface area contributed by atoms with Gasteiger partial charge in [-0.3, -0.25) is 14.2 Å². The standard InChI is InChI=1S/C16H23N3O3S2/c1-6-19-15(21)12-9(2)10(3)23-14(12)18-16(19)24-11(4)13(20)17-7-8-22-5/h11H,6-8H2,1-5H3,(H,17,20)/t11-/m1/s1. The molecule has 132 valence electrons. The van der Waals surface area contributed by atoms with Crippen LogP contribution in [-0.2, 0) is 16.1 Å². The van der Waals surface area contributed by atoms with Crippen LogP contribution in [0.3, 0.4) is 0 Å². The first-order valence-corrected chi connectivity index (χ1v) is 9.54. The Morgan fingerprint density at radius 3 is 2.79 bits per heavy atom. The lowest BCUT2D eigenvalue weighted by atomic mass is 10.2. The molecule has 2 aromatic rings. The van der Waals surface area contributed by atoms with E-state index in [0.717, 1.165) is 15.3 Å². The zero-order valence-electron chi connectivity index (χ0n) is 14.6. The molecule has 0 aliphatic rings. The van der Waals surface area contributed by atoms with Crippen molar-refractivity contribution in [2.45, 2.75) is 44.6 Å². The van der Waals surface area contributed by atoms with Gasteiger partial charge in [0.15, 0.2) is 5.16 Å². The second kappa shape index (κ2) is 8.13. The summed E-state index contributed by atoms with van der Waals surface area (Å²) < 4.78 is 6.57. The summed E-state index contributed by atoms with van der Waals surface area (Å²) in [6.07, 6.45) is 0. The minimum Gasteiger partial charge on any atom is -0.383 e. The van der Waals surface area contributed by atoms with Crippen LogP contribution in [-0.4, -0.2) is 41.0 Å². The Hall–Kier alpha value is -1.38. The summed E-state index contributed by atoms with van der Waals surface area (Å²) >= 11 is 2.83. The number of aromatic nitrogens is 2. The van der Waals surface area contributed by atoms with Gasteiger partial charge in [-0.25, -0.2) is 4.98 Å². The van der Waals surface area contributed by atoms with E-state index in [1.165, 1.54) is 23.1 Å². The number of hydrogen-bond donors (Lipinski definition) is 1. The van der Waals surface area contributed by atoms with Gasteiger partial charge in [0.1, 0.15) is 4.83 Å². The summed E-state index contributed by atoms with van der Waals surface area (Å²) in [7, 11) is 1.59. The lowest BCUT2D eigenvalue weighted by Crippen LogP contribution is -2.34. The number of amides is 1. The predicted molar refractivity (Wildman–Crippen MR) is 99.2 cm³/mol. The molecule has 6 nitrogen and oxygen atoms in total. The number of carbonyl (C=O) groups excluding carboxylic acids is 1. The number of thioether (sulfide) groups is 1. The van der Waals surface area contributed by atoms with Crippen molar-refractivity contribution in [2.24, 2.45) is 0 Å². The predicted octanol–water partition coefficient (Wildman–Crippen LogP) is 2.34. The Bertz CT molecular complexity index is 798. The normalized spacial score (nSPS) is 12.5. The van der Waals surface area contributed by atoms with Gasteiger partial charge in [-0.2, -0.15) is 0 Å². The van der Waals surface area contributed by atoms with Crippen LogP contribution < -0.4 is 10.9 Å². The molecular weight excluding hydrogens is 346 g/mol. The summed E-state index contributed by atoms with van der Waals surface area (Å²) in [5.74, 6) is -0.0902. The Morgan fingerprint density at radius 1 is 1.46 bits per heavy atom. The Balaban J connectivity index is 2.31. The fourth-order valence-corrected chi connectivity index (χ4v) is 4.38. The molecule has 24 heavy (non-hydrogen) atoms. The van der Waals surface area contributed by atoms with Gasteiger partial charge in [-0.1, -0.05) is 11.8 Å². The monoisotopic (exact) mass is 369 g/mol. The van der Waals surface area contributed by atoms with Crippen LogP contribution in [0, 0.1) is 13.8 Å². The zero-order valence-corrected chi connectivity index (χ0v) is 16.3. The summed E-state index contributed by atoms with van der Waals surface area (Å²) in [6, 6.07) is 0. The highest BCUT2D eigenvalue weighted by Crippen LogP contribution is 2.29. The van der Waals surface area contributed by atoms with Gasteiger partial charge in [-0.15, -0.1) is 11.3 Å². The van der Waals surface area contributed by atoms with E-state index in [0.29, 0.717) is 30.2 Å². The molecule has 2 aromatic heterocycles. The number of hydrogen-bond acceptors (Lipinski definition) is 6. The van der Waals surface area contributed by atoms with Crippen molar-refractivity contribution in [3.05, 3.63) is 20.8 Å². The molecule has 0 saturated heterocycles. The first kappa shape index (κ1) is 19.0. The third-order valence-electron chi connectivity index (χ3n) is 3.83. The van der Waals surface area contributed by atoms with E-state index in [-0.39, 0.29) is 16.7 Å². The molecule has 0 aromatic carbocycles. The number of rotatable bonds is 7. The van der Waals surface area contributed by atoms with Crippen LogP contribution in [0.1, 0.15) is 24.3 Å². The van der Waals surface area contributed by atoms with Crippen molar-refractivity contribution < 1.29 is 9.53 Å². The quantitative estimate of drug-likeness (QED) is 0.461. The van der Waals surface area contributed by atoms with E-state index >= 15 is 0 Å². The van der Waals surface area contributed by atoms with E-state index in [9.17, 15) is 9.59 Å². The summed E-state index contributed by atoms with van der Waals surface area (Å²) in [4.78, 5) is 31.4. The van der Waals surface area contributed by atoms with Crippen molar-refractivity contribution in [1.29, 1.82) is 0 Å². The van der Waals surface area contributed by atoms with Crippen LogP contribution in [0.25, 0.3) is 10.2 Å². The number of aryl methyl sites for hydroxylation is 2. The Kier molecular flexibility index (Phi) is 6.42. The highest BCUT2D eigenvalue weighted by atomic mass is 32.2. The lowest BCUT2D eigenvalue weighted by molar-refractivity contribution is -0.120. The molecule has 0 aliphatic carbocycles. The highest BCUT2D eigenvalue weighted by Gasteiger charge is 2.20. The maximum Gasteiger partial charge on any atom is 0.263 e. The summed E-state index contributed by atoms with van der Waals surface area (Å²) in [5.41, 5.74) is 0.968. The maximum atomic E-state index is 12.8. The molecule has 0 unspecified atom stereocenters. The van der Waals surface area contributed by atoms with Crippen molar-refractivity contribution in [1.82, 2.24) is 14.9 Å². The fourth-order valence-electron chi connectivity index (χ4n) is 2.31. The molecule has 1 atom stereocenters. The highest BCUT2D eigenvalue weighted by molar-refractivity contribution is 8.00. The van der Waals surface area contributed by atoms with Gasteiger partial charge in [0, 0.05) is 25.1 Å². The maximum absolute atomic E-state index is 12.8. The summed E-state index contributed by atoms with van der Waals surface area (Å²) in [5, 5.41) is 3.75. The molecule has 1 N–H and O–H groups in total. The van der Waals surface area contributed by atoms with Crippen LogP contribution in [0.15, 0.2) is 9.95 Å². The van der Waals surface area contributed by atoms with Crippen LogP contribution >= 0.6 is 23.1 Å². The minimum atomic E-state index is -0.342. The number of methoxy groups -OCH3 is 1. The number of fused-ring (bicyclic) bond motifs is 1. The fraction of sp³-hybridized carbons (Fsp3) is 0.562. The van der Waals surface area contributed by atoms with Crippen molar-refractivity contribution in [3.8, 4) is 0 Å². The Labute approximate surface area is 149 Å². The lowest BCUT2D eigenvalue weighted by Gasteiger charge is -2.14. The Morgan fingerprint density at radius 2 is 2.17 bits per heavy atom. The second-order valence-electron chi connectivity index (χ2n) is 5.45. The van der Waals surface area contributed by atoms with Crippen molar-refractivity contribution in [2.75, 3.05) is 20.3 Å². The van der Waals surface area contributed by atoms with Crippen molar-refractivity contribution in [3.63, 3.8) is 0 Å². The van der Waals surface area contributed by atoms with E-state index in [4.69, 9.17) is 4.74 Å². The second-order valence-corrected chi connectivity index (χ2v) is 7.96. The third-order valence-corrected chi connectivity index (χ3v) is 6.02. The van der Waals surface area contributed by atoms with Gasteiger partial charge in [0.05, 0.1) is 17.2 Å². The van der Waals surface area contributed by atoms with Crippen LogP contribution in [0.4, 0.5) is 0 Å². The van der Waals surface area contributed by atoms with Crippen LogP contribution in [0.2, 0.25) is 0 Å². The minimum absolute atomic E-state index is 0.0289. The molecule has 0 radical (unpaired) electrons. The number of carbonyl (C=O) groups is 1. The zero-order chi connectivity index (χ0) is 17.9. The smallest absolute Gasteiger partial charge is 0.263 e. The van der Waals surface area contributed by atoms with Gasteiger partial charge in [0.2, 0.25) is 5.91 Å². The average molecular weight is 370 g/mol. The molecule has 0 spiro atoms. The topological polar surface area (TPSA) is 73.2 Å². The number of nitrogens with zero attached hydrogens (tertiary/aromatic N) is 2. The van der Waals surface area contributed by atoms with E-state index in [1.807, 2.05) is 27.7 Å². The van der Waals surface area contributed by atoms with Gasteiger partial charge in [-0.05, 0) is 33.3 Å². The SMILES string of the molecule is CCn1c(S[C@H](C)C(=O)NCCOC)nc2sc(C)c(C)c2c1=O. The number of thiophene rings is 1. The number of nitrogens with one attached hydrogen (secondary N) is 1. The van der Waals surface area contributed by atoms with Gasteiger partial charge < -0.3 is 10.1 Å². The molecule has 0 aliphatic heterocycles. The number of ether oxygens (including phenoxy) is 1. The molecule has 2 heterocycles. The summed E-state index contributed by atoms with van der Waals surface area (Å²) in [6.45, 7) is 9.14. The largest absolute Gasteiger partial charge is 0.383 e. The van der Waals surface area contributed by atoms with Gasteiger partial charge >= 0.3 is 0 Å². The first-order chi connectivity index (χ1) is 11.4. The van der Waals surface area contributed by atoms with Crippen LogP contribution in [0.5, 0.6) is 0 Å². The molecule has 0 fully saturated rings.